The molecule has 0 aliphatic carbocycles. The van der Waals surface area contributed by atoms with Gasteiger partial charge in [-0.25, -0.2) is 9.97 Å². The lowest BCUT2D eigenvalue weighted by molar-refractivity contribution is 1.12. The van der Waals surface area contributed by atoms with E-state index in [-0.39, 0.29) is 0 Å². The SMILES string of the molecule is CC(=C1C=CNc2cc(C)ccc21)c1ncc(-c2ccc(C)cc2)cn1. The van der Waals surface area contributed by atoms with Crippen LogP contribution in [0.5, 0.6) is 0 Å². The number of hydrogen-bond acceptors (Lipinski definition) is 3. The molecule has 2 heterocycles. The van der Waals surface area contributed by atoms with Gasteiger partial charge in [0.1, 0.15) is 0 Å². The number of fused-ring (bicyclic) bond motifs is 1. The van der Waals surface area contributed by atoms with Gasteiger partial charge in [0.05, 0.1) is 0 Å². The van der Waals surface area contributed by atoms with Gasteiger partial charge in [0.15, 0.2) is 5.82 Å². The van der Waals surface area contributed by atoms with Gasteiger partial charge in [-0.05, 0) is 49.6 Å². The maximum Gasteiger partial charge on any atom is 0.155 e. The minimum absolute atomic E-state index is 0.758. The molecule has 0 saturated carbocycles. The Hall–Kier alpha value is -3.20. The average Bonchev–Trinajstić information content (AvgIpc) is 2.67. The highest BCUT2D eigenvalue weighted by Crippen LogP contribution is 2.34. The van der Waals surface area contributed by atoms with Crippen molar-refractivity contribution in [2.75, 3.05) is 5.32 Å². The van der Waals surface area contributed by atoms with Crippen LogP contribution in [-0.2, 0) is 0 Å². The number of aryl methyl sites for hydroxylation is 2. The Kier molecular flexibility index (Phi) is 4.13. The highest BCUT2D eigenvalue weighted by molar-refractivity contribution is 5.98. The molecule has 4 rings (SSSR count). The lowest BCUT2D eigenvalue weighted by atomic mass is 9.95. The fourth-order valence-corrected chi connectivity index (χ4v) is 3.18. The minimum atomic E-state index is 0.758. The van der Waals surface area contributed by atoms with Gasteiger partial charge in [-0.2, -0.15) is 0 Å². The van der Waals surface area contributed by atoms with Crippen LogP contribution in [0.4, 0.5) is 5.69 Å². The Morgan fingerprint density at radius 3 is 2.27 bits per heavy atom. The van der Waals surface area contributed by atoms with Crippen molar-refractivity contribution in [1.82, 2.24) is 9.97 Å². The van der Waals surface area contributed by atoms with Crippen LogP contribution in [-0.4, -0.2) is 9.97 Å². The van der Waals surface area contributed by atoms with Crippen LogP contribution in [0, 0.1) is 13.8 Å². The van der Waals surface area contributed by atoms with E-state index in [4.69, 9.17) is 0 Å². The Morgan fingerprint density at radius 1 is 0.846 bits per heavy atom. The van der Waals surface area contributed by atoms with E-state index in [9.17, 15) is 0 Å². The van der Waals surface area contributed by atoms with E-state index < -0.39 is 0 Å². The monoisotopic (exact) mass is 339 g/mol. The standard InChI is InChI=1S/C23H21N3/c1-15-4-7-18(8-5-15)19-13-25-23(26-14-19)17(3)20-10-11-24-22-12-16(2)6-9-21(20)22/h4-14,24H,1-3H3. The number of nitrogens with one attached hydrogen (secondary N) is 1. The van der Waals surface area contributed by atoms with Gasteiger partial charge in [-0.1, -0.05) is 42.0 Å². The number of hydrogen-bond donors (Lipinski definition) is 1. The summed E-state index contributed by atoms with van der Waals surface area (Å²) in [5.74, 6) is 0.758. The molecular weight excluding hydrogens is 318 g/mol. The first-order valence-electron chi connectivity index (χ1n) is 8.76. The first-order valence-corrected chi connectivity index (χ1v) is 8.76. The lowest BCUT2D eigenvalue weighted by Crippen LogP contribution is -2.02. The smallest absolute Gasteiger partial charge is 0.155 e. The van der Waals surface area contributed by atoms with E-state index in [0.29, 0.717) is 0 Å². The van der Waals surface area contributed by atoms with E-state index in [1.165, 1.54) is 16.7 Å². The summed E-state index contributed by atoms with van der Waals surface area (Å²) < 4.78 is 0. The third-order valence-corrected chi connectivity index (χ3v) is 4.73. The zero-order valence-electron chi connectivity index (χ0n) is 15.2. The Bertz CT molecular complexity index is 1010. The van der Waals surface area contributed by atoms with E-state index >= 15 is 0 Å². The van der Waals surface area contributed by atoms with Crippen molar-refractivity contribution in [3.05, 3.63) is 89.6 Å². The molecule has 1 aliphatic heterocycles. The van der Waals surface area contributed by atoms with Crippen LogP contribution >= 0.6 is 0 Å². The van der Waals surface area contributed by atoms with E-state index in [1.807, 2.05) is 18.6 Å². The molecule has 0 unspecified atom stereocenters. The van der Waals surface area contributed by atoms with Gasteiger partial charge in [-0.3, -0.25) is 0 Å². The summed E-state index contributed by atoms with van der Waals surface area (Å²) in [5.41, 5.74) is 9.18. The van der Waals surface area contributed by atoms with Crippen molar-refractivity contribution in [2.24, 2.45) is 0 Å². The maximum atomic E-state index is 4.62. The molecule has 128 valence electrons. The molecule has 3 aromatic rings. The molecule has 0 radical (unpaired) electrons. The van der Waals surface area contributed by atoms with Crippen LogP contribution in [0.15, 0.2) is 67.1 Å². The molecule has 0 bridgehead atoms. The molecular formula is C23H21N3. The minimum Gasteiger partial charge on any atom is -0.361 e. The second kappa shape index (κ2) is 6.60. The van der Waals surface area contributed by atoms with Crippen LogP contribution in [0.25, 0.3) is 22.3 Å². The van der Waals surface area contributed by atoms with Crippen molar-refractivity contribution < 1.29 is 0 Å². The molecule has 0 saturated heterocycles. The third kappa shape index (κ3) is 3.04. The molecule has 3 heteroatoms. The summed E-state index contributed by atoms with van der Waals surface area (Å²) in [6.45, 7) is 6.27. The van der Waals surface area contributed by atoms with E-state index in [2.05, 4.69) is 84.6 Å². The largest absolute Gasteiger partial charge is 0.361 e. The number of aromatic nitrogens is 2. The molecule has 0 spiro atoms. The molecule has 0 atom stereocenters. The van der Waals surface area contributed by atoms with Crippen LogP contribution < -0.4 is 5.32 Å². The Balaban J connectivity index is 1.71. The van der Waals surface area contributed by atoms with Crippen LogP contribution in [0.3, 0.4) is 0 Å². The predicted octanol–water partition coefficient (Wildman–Crippen LogP) is 5.63. The summed E-state index contributed by atoms with van der Waals surface area (Å²) >= 11 is 0. The lowest BCUT2D eigenvalue weighted by Gasteiger charge is -2.18. The summed E-state index contributed by atoms with van der Waals surface area (Å²) in [4.78, 5) is 9.24. The second-order valence-corrected chi connectivity index (χ2v) is 6.73. The zero-order valence-corrected chi connectivity index (χ0v) is 15.2. The quantitative estimate of drug-likeness (QED) is 0.657. The van der Waals surface area contributed by atoms with Gasteiger partial charge in [0, 0.05) is 41.0 Å². The van der Waals surface area contributed by atoms with E-state index in [0.717, 1.165) is 33.8 Å². The van der Waals surface area contributed by atoms with Gasteiger partial charge >= 0.3 is 0 Å². The maximum absolute atomic E-state index is 4.62. The molecule has 1 aliphatic rings. The predicted molar refractivity (Wildman–Crippen MR) is 109 cm³/mol. The van der Waals surface area contributed by atoms with Gasteiger partial charge in [0.2, 0.25) is 0 Å². The number of anilines is 1. The number of allylic oxidation sites excluding steroid dienone is 3. The molecule has 1 aromatic heterocycles. The molecule has 0 fully saturated rings. The number of rotatable bonds is 2. The Morgan fingerprint density at radius 2 is 1.54 bits per heavy atom. The highest BCUT2D eigenvalue weighted by atomic mass is 14.9. The number of benzene rings is 2. The highest BCUT2D eigenvalue weighted by Gasteiger charge is 2.14. The van der Waals surface area contributed by atoms with Crippen molar-refractivity contribution in [3.8, 4) is 11.1 Å². The van der Waals surface area contributed by atoms with Crippen molar-refractivity contribution >= 4 is 16.8 Å². The third-order valence-electron chi connectivity index (χ3n) is 4.73. The summed E-state index contributed by atoms with van der Waals surface area (Å²) in [5, 5.41) is 3.32. The zero-order chi connectivity index (χ0) is 18.1. The van der Waals surface area contributed by atoms with Crippen molar-refractivity contribution in [1.29, 1.82) is 0 Å². The van der Waals surface area contributed by atoms with Gasteiger partial charge in [-0.15, -0.1) is 0 Å². The first-order chi connectivity index (χ1) is 12.6. The summed E-state index contributed by atoms with van der Waals surface area (Å²) in [6, 6.07) is 14.9. The topological polar surface area (TPSA) is 37.8 Å². The second-order valence-electron chi connectivity index (χ2n) is 6.73. The number of nitrogens with zero attached hydrogens (tertiary/aromatic N) is 2. The first kappa shape index (κ1) is 16.3. The van der Waals surface area contributed by atoms with Crippen LogP contribution in [0.2, 0.25) is 0 Å². The fraction of sp³-hybridized carbons (Fsp3) is 0.130. The molecule has 26 heavy (non-hydrogen) atoms. The van der Waals surface area contributed by atoms with Crippen molar-refractivity contribution in [3.63, 3.8) is 0 Å². The summed E-state index contributed by atoms with van der Waals surface area (Å²) in [6.07, 6.45) is 7.86. The average molecular weight is 339 g/mol. The molecule has 3 nitrogen and oxygen atoms in total. The fourth-order valence-electron chi connectivity index (χ4n) is 3.18. The molecule has 1 N–H and O–H groups in total. The van der Waals surface area contributed by atoms with Crippen LogP contribution in [0.1, 0.15) is 29.4 Å². The van der Waals surface area contributed by atoms with E-state index in [1.54, 1.807) is 0 Å². The van der Waals surface area contributed by atoms with Gasteiger partial charge in [0.25, 0.3) is 0 Å². The Labute approximate surface area is 154 Å². The van der Waals surface area contributed by atoms with Gasteiger partial charge < -0.3 is 5.32 Å². The molecule has 2 aromatic carbocycles. The normalized spacial score (nSPS) is 14.6. The molecule has 0 amide bonds. The van der Waals surface area contributed by atoms with Crippen molar-refractivity contribution in [2.45, 2.75) is 20.8 Å². The summed E-state index contributed by atoms with van der Waals surface area (Å²) in [7, 11) is 0.